The topological polar surface area (TPSA) is 43.3 Å². The van der Waals surface area contributed by atoms with Crippen molar-refractivity contribution in [2.24, 2.45) is 4.99 Å². The molecule has 26 heavy (non-hydrogen) atoms. The zero-order valence-corrected chi connectivity index (χ0v) is 17.2. The van der Waals surface area contributed by atoms with Gasteiger partial charge in [-0.3, -0.25) is 14.8 Å². The fourth-order valence-corrected chi connectivity index (χ4v) is 4.47. The van der Waals surface area contributed by atoms with Gasteiger partial charge in [-0.05, 0) is 53.1 Å². The normalized spacial score (nSPS) is 27.1. The molecule has 6 heteroatoms. The lowest BCUT2D eigenvalue weighted by Crippen LogP contribution is -2.50. The predicted octanol–water partition coefficient (Wildman–Crippen LogP) is 1.62. The van der Waals surface area contributed by atoms with Crippen molar-refractivity contribution in [1.29, 1.82) is 0 Å². The van der Waals surface area contributed by atoms with Gasteiger partial charge in [0, 0.05) is 44.3 Å². The number of rotatable bonds is 5. The monoisotopic (exact) mass is 365 g/mol. The molecule has 1 unspecified atom stereocenters. The largest absolute Gasteiger partial charge is 0.379 e. The molecule has 150 valence electrons. The first-order valence-electron chi connectivity index (χ1n) is 10.7. The number of aliphatic imine (C=N–C) groups is 1. The molecule has 1 N–H and O–H groups in total. The molecule has 0 amide bonds. The van der Waals surface area contributed by atoms with Gasteiger partial charge < -0.3 is 15.0 Å². The Morgan fingerprint density at radius 3 is 2.50 bits per heavy atom. The van der Waals surface area contributed by atoms with E-state index in [0.29, 0.717) is 6.04 Å². The molecule has 3 heterocycles. The maximum atomic E-state index is 5.51. The summed E-state index contributed by atoms with van der Waals surface area (Å²) >= 11 is 0. The van der Waals surface area contributed by atoms with Gasteiger partial charge in [0.2, 0.25) is 0 Å². The van der Waals surface area contributed by atoms with Crippen molar-refractivity contribution >= 4 is 5.96 Å². The summed E-state index contributed by atoms with van der Waals surface area (Å²) in [6, 6.07) is 0.651. The third-order valence-electron chi connectivity index (χ3n) is 6.19. The molecule has 0 aromatic rings. The van der Waals surface area contributed by atoms with E-state index in [9.17, 15) is 0 Å². The number of ether oxygens (including phenoxy) is 1. The number of piperidine rings is 1. The summed E-state index contributed by atoms with van der Waals surface area (Å²) in [6.07, 6.45) is 5.29. The lowest BCUT2D eigenvalue weighted by molar-refractivity contribution is 0.0194. The Labute approximate surface area is 159 Å². The van der Waals surface area contributed by atoms with Crippen LogP contribution in [0.2, 0.25) is 0 Å². The van der Waals surface area contributed by atoms with Gasteiger partial charge in [-0.15, -0.1) is 0 Å². The van der Waals surface area contributed by atoms with E-state index < -0.39 is 0 Å². The van der Waals surface area contributed by atoms with Crippen LogP contribution in [0.25, 0.3) is 0 Å². The Morgan fingerprint density at radius 1 is 1.08 bits per heavy atom. The summed E-state index contributed by atoms with van der Waals surface area (Å²) < 4.78 is 5.51. The van der Waals surface area contributed by atoms with Crippen molar-refractivity contribution in [2.75, 3.05) is 65.6 Å². The fourth-order valence-electron chi connectivity index (χ4n) is 4.47. The number of morpholine rings is 1. The number of guanidine groups is 1. The average molecular weight is 366 g/mol. The molecule has 3 aliphatic heterocycles. The molecule has 3 rings (SSSR count). The van der Waals surface area contributed by atoms with E-state index in [1.54, 1.807) is 0 Å². The van der Waals surface area contributed by atoms with Crippen LogP contribution in [0.15, 0.2) is 4.99 Å². The second-order valence-corrected chi connectivity index (χ2v) is 8.57. The van der Waals surface area contributed by atoms with Gasteiger partial charge in [0.1, 0.15) is 0 Å². The highest BCUT2D eigenvalue weighted by atomic mass is 16.5. The summed E-state index contributed by atoms with van der Waals surface area (Å²) in [5, 5.41) is 3.54. The first-order chi connectivity index (χ1) is 12.6. The van der Waals surface area contributed by atoms with E-state index in [1.165, 1.54) is 38.8 Å². The number of likely N-dealkylation sites (tertiary alicyclic amines) is 2. The van der Waals surface area contributed by atoms with Crippen molar-refractivity contribution in [2.45, 2.75) is 58.0 Å². The average Bonchev–Trinajstić information content (AvgIpc) is 3.16. The summed E-state index contributed by atoms with van der Waals surface area (Å²) in [5.41, 5.74) is 0.143. The standard InChI is InChI=1S/C20H39N5O/c1-4-21-19(22-17-20(2,3)25-9-6-5-7-10-25)24-11-8-18(16-24)23-12-14-26-15-13-23/h18H,4-17H2,1-3H3,(H,21,22). The van der Waals surface area contributed by atoms with Crippen LogP contribution in [0.4, 0.5) is 0 Å². The van der Waals surface area contributed by atoms with E-state index >= 15 is 0 Å². The zero-order chi connectivity index (χ0) is 18.4. The van der Waals surface area contributed by atoms with E-state index in [4.69, 9.17) is 9.73 Å². The number of nitrogens with one attached hydrogen (secondary N) is 1. The van der Waals surface area contributed by atoms with Crippen LogP contribution in [0.1, 0.15) is 46.5 Å². The smallest absolute Gasteiger partial charge is 0.194 e. The van der Waals surface area contributed by atoms with Gasteiger partial charge in [0.15, 0.2) is 5.96 Å². The molecule has 0 radical (unpaired) electrons. The Bertz CT molecular complexity index is 455. The first-order valence-corrected chi connectivity index (χ1v) is 10.7. The molecule has 0 aromatic carbocycles. The molecule has 0 aromatic heterocycles. The molecule has 0 saturated carbocycles. The minimum absolute atomic E-state index is 0.143. The maximum Gasteiger partial charge on any atom is 0.194 e. The molecule has 0 spiro atoms. The van der Waals surface area contributed by atoms with Gasteiger partial charge in [-0.25, -0.2) is 0 Å². The molecule has 1 atom stereocenters. The minimum Gasteiger partial charge on any atom is -0.379 e. The van der Waals surface area contributed by atoms with E-state index in [0.717, 1.165) is 58.4 Å². The highest BCUT2D eigenvalue weighted by molar-refractivity contribution is 5.80. The van der Waals surface area contributed by atoms with Crippen molar-refractivity contribution < 1.29 is 4.74 Å². The van der Waals surface area contributed by atoms with Crippen LogP contribution in [0.5, 0.6) is 0 Å². The zero-order valence-electron chi connectivity index (χ0n) is 17.2. The summed E-state index contributed by atoms with van der Waals surface area (Å²) in [6.45, 7) is 17.2. The molecule has 0 bridgehead atoms. The molecule has 3 aliphatic rings. The van der Waals surface area contributed by atoms with Crippen LogP contribution in [-0.2, 0) is 4.74 Å². The van der Waals surface area contributed by atoms with E-state index in [1.807, 2.05) is 0 Å². The Kier molecular flexibility index (Phi) is 7.18. The summed E-state index contributed by atoms with van der Waals surface area (Å²) in [5.74, 6) is 1.10. The van der Waals surface area contributed by atoms with Gasteiger partial charge in [0.25, 0.3) is 0 Å². The second kappa shape index (κ2) is 9.38. The molecule has 3 fully saturated rings. The highest BCUT2D eigenvalue weighted by Gasteiger charge is 2.31. The van der Waals surface area contributed by atoms with Crippen molar-refractivity contribution in [3.05, 3.63) is 0 Å². The Hall–Kier alpha value is -0.850. The van der Waals surface area contributed by atoms with Crippen LogP contribution in [0, 0.1) is 0 Å². The third kappa shape index (κ3) is 5.11. The summed E-state index contributed by atoms with van der Waals surface area (Å²) in [7, 11) is 0. The quantitative estimate of drug-likeness (QED) is 0.592. The number of hydrogen-bond donors (Lipinski definition) is 1. The Balaban J connectivity index is 1.58. The lowest BCUT2D eigenvalue weighted by Gasteiger charge is -2.40. The number of nitrogens with zero attached hydrogens (tertiary/aromatic N) is 4. The molecular formula is C20H39N5O. The van der Waals surface area contributed by atoms with Crippen LogP contribution in [0.3, 0.4) is 0 Å². The molecular weight excluding hydrogens is 326 g/mol. The van der Waals surface area contributed by atoms with Crippen LogP contribution < -0.4 is 5.32 Å². The summed E-state index contributed by atoms with van der Waals surface area (Å²) in [4.78, 5) is 12.8. The van der Waals surface area contributed by atoms with Crippen LogP contribution in [-0.4, -0.2) is 97.8 Å². The van der Waals surface area contributed by atoms with E-state index in [-0.39, 0.29) is 5.54 Å². The third-order valence-corrected chi connectivity index (χ3v) is 6.19. The second-order valence-electron chi connectivity index (χ2n) is 8.57. The number of hydrogen-bond acceptors (Lipinski definition) is 4. The highest BCUT2D eigenvalue weighted by Crippen LogP contribution is 2.22. The van der Waals surface area contributed by atoms with E-state index in [2.05, 4.69) is 40.8 Å². The Morgan fingerprint density at radius 2 is 1.81 bits per heavy atom. The molecule has 6 nitrogen and oxygen atoms in total. The minimum atomic E-state index is 0.143. The molecule has 0 aliphatic carbocycles. The lowest BCUT2D eigenvalue weighted by atomic mass is 9.99. The van der Waals surface area contributed by atoms with Gasteiger partial charge in [-0.1, -0.05) is 6.42 Å². The van der Waals surface area contributed by atoms with Gasteiger partial charge in [0.05, 0.1) is 19.8 Å². The maximum absolute atomic E-state index is 5.51. The van der Waals surface area contributed by atoms with Crippen molar-refractivity contribution in [3.8, 4) is 0 Å². The molecule has 3 saturated heterocycles. The fraction of sp³-hybridized carbons (Fsp3) is 0.950. The van der Waals surface area contributed by atoms with Crippen molar-refractivity contribution in [1.82, 2.24) is 20.0 Å². The van der Waals surface area contributed by atoms with Crippen LogP contribution >= 0.6 is 0 Å². The van der Waals surface area contributed by atoms with Gasteiger partial charge in [-0.2, -0.15) is 0 Å². The SMILES string of the molecule is CCNC(=NCC(C)(C)N1CCCCC1)N1CCC(N2CCOCC2)C1. The van der Waals surface area contributed by atoms with Crippen molar-refractivity contribution in [3.63, 3.8) is 0 Å². The van der Waals surface area contributed by atoms with Gasteiger partial charge >= 0.3 is 0 Å². The predicted molar refractivity (Wildman–Crippen MR) is 108 cm³/mol. The first kappa shape index (κ1) is 19.9.